The van der Waals surface area contributed by atoms with E-state index in [4.69, 9.17) is 19.0 Å². The highest BCUT2D eigenvalue weighted by atomic mass is 32.2. The molecular weight excluding hydrogens is 476 g/mol. The van der Waals surface area contributed by atoms with Crippen LogP contribution in [0, 0.1) is 12.8 Å². The number of carbonyl (C=O) groups is 1. The van der Waals surface area contributed by atoms with Gasteiger partial charge in [-0.1, -0.05) is 41.9 Å². The number of rotatable bonds is 10. The summed E-state index contributed by atoms with van der Waals surface area (Å²) in [4.78, 5) is 18.6. The lowest BCUT2D eigenvalue weighted by atomic mass is 10.0. The summed E-state index contributed by atoms with van der Waals surface area (Å²) < 4.78 is 44.2. The maximum atomic E-state index is 13.4. The highest BCUT2D eigenvalue weighted by Gasteiger charge is 2.44. The molecule has 1 saturated carbocycles. The molecule has 35 heavy (non-hydrogen) atoms. The predicted molar refractivity (Wildman–Crippen MR) is 126 cm³/mol. The number of aryl methyl sites for hydroxylation is 1. The van der Waals surface area contributed by atoms with Crippen molar-refractivity contribution in [3.8, 4) is 0 Å². The molecular formula is C24H36N2O8S. The number of hydroxylamine groups is 1. The smallest absolute Gasteiger partial charge is 0.407 e. The minimum Gasteiger partial charge on any atom is -0.443 e. The lowest BCUT2D eigenvalue weighted by Gasteiger charge is -2.30. The number of hydrogen-bond acceptors (Lipinski definition) is 8. The maximum absolute atomic E-state index is 13.4. The minimum atomic E-state index is -4.02. The number of sulfonamides is 1. The Labute approximate surface area is 206 Å². The Morgan fingerprint density at radius 1 is 1.20 bits per heavy atom. The van der Waals surface area contributed by atoms with E-state index >= 15 is 0 Å². The molecule has 3 aliphatic rings. The van der Waals surface area contributed by atoms with Crippen molar-refractivity contribution < 1.29 is 37.4 Å². The fourth-order valence-electron chi connectivity index (χ4n) is 4.81. The molecule has 4 rings (SSSR count). The summed E-state index contributed by atoms with van der Waals surface area (Å²) >= 11 is 0. The molecule has 0 spiro atoms. The molecule has 1 amide bonds. The third kappa shape index (κ3) is 6.33. The van der Waals surface area contributed by atoms with Crippen molar-refractivity contribution in [1.82, 2.24) is 9.79 Å². The van der Waals surface area contributed by atoms with Crippen LogP contribution in [-0.4, -0.2) is 74.5 Å². The van der Waals surface area contributed by atoms with Crippen molar-refractivity contribution in [2.75, 3.05) is 19.8 Å². The zero-order chi connectivity index (χ0) is 25.0. The van der Waals surface area contributed by atoms with E-state index in [0.717, 1.165) is 42.1 Å². The van der Waals surface area contributed by atoms with Crippen LogP contribution in [0.25, 0.3) is 0 Å². The molecule has 2 N–H and O–H groups in total. The van der Waals surface area contributed by atoms with E-state index in [1.807, 2.05) is 6.92 Å². The molecule has 2 aliphatic heterocycles. The Hall–Kier alpha value is -1.76. The number of fused-ring (bicyclic) bond motifs is 1. The maximum Gasteiger partial charge on any atom is 0.407 e. The molecule has 2 heterocycles. The topological polar surface area (TPSA) is 124 Å². The highest BCUT2D eigenvalue weighted by Crippen LogP contribution is 2.33. The van der Waals surface area contributed by atoms with E-state index in [1.54, 1.807) is 19.1 Å². The van der Waals surface area contributed by atoms with Gasteiger partial charge in [0.25, 0.3) is 10.0 Å². The van der Waals surface area contributed by atoms with E-state index in [2.05, 4.69) is 5.32 Å². The quantitative estimate of drug-likeness (QED) is 0.459. The number of nitrogens with zero attached hydrogens (tertiary/aromatic N) is 1. The average molecular weight is 513 g/mol. The molecule has 3 fully saturated rings. The van der Waals surface area contributed by atoms with E-state index < -0.39 is 34.4 Å². The minimum absolute atomic E-state index is 0.000653. The van der Waals surface area contributed by atoms with Crippen LogP contribution < -0.4 is 5.32 Å². The molecule has 11 heteroatoms. The Morgan fingerprint density at radius 2 is 1.91 bits per heavy atom. The first-order valence-electron chi connectivity index (χ1n) is 12.4. The van der Waals surface area contributed by atoms with Crippen LogP contribution in [0.3, 0.4) is 0 Å². The number of hydrogen-bond donors (Lipinski definition) is 2. The second kappa shape index (κ2) is 11.5. The Kier molecular flexibility index (Phi) is 8.67. The number of nitrogens with one attached hydrogen (secondary N) is 1. The van der Waals surface area contributed by atoms with E-state index in [9.17, 15) is 18.3 Å². The second-order valence-electron chi connectivity index (χ2n) is 9.51. The average Bonchev–Trinajstić information content (AvgIpc) is 3.58. The van der Waals surface area contributed by atoms with Gasteiger partial charge in [0.05, 0.1) is 48.8 Å². The van der Waals surface area contributed by atoms with Crippen molar-refractivity contribution in [2.24, 2.45) is 5.92 Å². The third-order valence-corrected chi connectivity index (χ3v) is 8.58. The van der Waals surface area contributed by atoms with Gasteiger partial charge in [0, 0.05) is 0 Å². The molecule has 1 aliphatic carbocycles. The van der Waals surface area contributed by atoms with Crippen LogP contribution in [-0.2, 0) is 29.1 Å². The van der Waals surface area contributed by atoms with Gasteiger partial charge in [0.15, 0.2) is 6.29 Å². The number of amides is 1. The van der Waals surface area contributed by atoms with Gasteiger partial charge in [-0.2, -0.15) is 0 Å². The van der Waals surface area contributed by atoms with Gasteiger partial charge in [0.1, 0.15) is 6.10 Å². The van der Waals surface area contributed by atoms with Crippen molar-refractivity contribution in [1.29, 1.82) is 0 Å². The molecule has 0 aromatic heterocycles. The Balaban J connectivity index is 1.41. The molecule has 5 atom stereocenters. The Bertz CT molecular complexity index is 951. The fourth-order valence-corrected chi connectivity index (χ4v) is 6.11. The SMILES string of the molecule is CC[C@H](NC(=O)O[C@H]1CO[C@H]2OCC[C@H]21)[C@H](O)CN(OC1CCCC1)S(=O)(=O)c1ccc(C)cc1. The van der Waals surface area contributed by atoms with Crippen LogP contribution in [0.15, 0.2) is 29.2 Å². The predicted octanol–water partition coefficient (Wildman–Crippen LogP) is 2.49. The van der Waals surface area contributed by atoms with E-state index in [0.29, 0.717) is 13.0 Å². The molecule has 0 unspecified atom stereocenters. The number of benzene rings is 1. The van der Waals surface area contributed by atoms with Gasteiger partial charge in [-0.15, -0.1) is 0 Å². The summed E-state index contributed by atoms with van der Waals surface area (Å²) in [5.41, 5.74) is 0.934. The van der Waals surface area contributed by atoms with Crippen molar-refractivity contribution >= 4 is 16.1 Å². The van der Waals surface area contributed by atoms with Crippen molar-refractivity contribution in [2.45, 2.75) is 87.9 Å². The summed E-state index contributed by atoms with van der Waals surface area (Å²) in [5.74, 6) is 0.000653. The zero-order valence-electron chi connectivity index (χ0n) is 20.3. The number of aliphatic hydroxyl groups excluding tert-OH is 1. The fraction of sp³-hybridized carbons (Fsp3) is 0.708. The summed E-state index contributed by atoms with van der Waals surface area (Å²) in [7, 11) is -4.02. The molecule has 196 valence electrons. The number of aliphatic hydroxyl groups is 1. The number of carbonyl (C=O) groups excluding carboxylic acids is 1. The van der Waals surface area contributed by atoms with Crippen molar-refractivity contribution in [3.63, 3.8) is 0 Å². The summed E-state index contributed by atoms with van der Waals surface area (Å²) in [5, 5.41) is 13.7. The Morgan fingerprint density at radius 3 is 2.60 bits per heavy atom. The van der Waals surface area contributed by atoms with E-state index in [1.165, 1.54) is 12.1 Å². The molecule has 0 radical (unpaired) electrons. The van der Waals surface area contributed by atoms with Crippen LogP contribution >= 0.6 is 0 Å². The number of ether oxygens (including phenoxy) is 3. The van der Waals surface area contributed by atoms with Gasteiger partial charge in [0.2, 0.25) is 0 Å². The summed E-state index contributed by atoms with van der Waals surface area (Å²) in [6.07, 6.45) is 1.70. The highest BCUT2D eigenvalue weighted by molar-refractivity contribution is 7.89. The molecule has 1 aromatic rings. The first-order valence-corrected chi connectivity index (χ1v) is 13.9. The lowest BCUT2D eigenvalue weighted by Crippen LogP contribution is -2.50. The third-order valence-electron chi connectivity index (χ3n) is 6.94. The van der Waals surface area contributed by atoms with Crippen LogP contribution in [0.1, 0.15) is 51.0 Å². The monoisotopic (exact) mass is 512 g/mol. The normalized spacial score (nSPS) is 26.6. The standard InChI is InChI=1S/C24H36N2O8S/c1-3-20(25-24(28)33-22-15-32-23-19(22)12-13-31-23)21(27)14-26(34-17-6-4-5-7-17)35(29,30)18-10-8-16(2)9-11-18/h8-11,17,19-23,27H,3-7,12-15H2,1-2H3,(H,25,28)/t19-,20-,21+,22-,23+/m0/s1. The first kappa shape index (κ1) is 26.3. The summed E-state index contributed by atoms with van der Waals surface area (Å²) in [6, 6.07) is 5.76. The van der Waals surface area contributed by atoms with Gasteiger partial charge in [-0.05, 0) is 44.7 Å². The van der Waals surface area contributed by atoms with Crippen molar-refractivity contribution in [3.05, 3.63) is 29.8 Å². The zero-order valence-corrected chi connectivity index (χ0v) is 21.1. The van der Waals surface area contributed by atoms with Crippen LogP contribution in [0.5, 0.6) is 0 Å². The van der Waals surface area contributed by atoms with Gasteiger partial charge in [-0.25, -0.2) is 13.2 Å². The second-order valence-corrected chi connectivity index (χ2v) is 11.3. The van der Waals surface area contributed by atoms with Crippen LogP contribution in [0.2, 0.25) is 0 Å². The van der Waals surface area contributed by atoms with E-state index in [-0.39, 0.29) is 36.4 Å². The largest absolute Gasteiger partial charge is 0.443 e. The number of alkyl carbamates (subject to hydrolysis) is 1. The summed E-state index contributed by atoms with van der Waals surface area (Å²) in [6.45, 7) is 4.18. The van der Waals surface area contributed by atoms with Gasteiger partial charge < -0.3 is 24.6 Å². The molecule has 0 bridgehead atoms. The molecule has 2 saturated heterocycles. The molecule has 1 aromatic carbocycles. The van der Waals surface area contributed by atoms with Gasteiger partial charge >= 0.3 is 6.09 Å². The van der Waals surface area contributed by atoms with Crippen LogP contribution in [0.4, 0.5) is 4.79 Å². The van der Waals surface area contributed by atoms with Gasteiger partial charge in [-0.3, -0.25) is 4.84 Å². The molecule has 10 nitrogen and oxygen atoms in total. The lowest BCUT2D eigenvalue weighted by molar-refractivity contribution is -0.145. The first-order chi connectivity index (χ1) is 16.8.